The fourth-order valence-corrected chi connectivity index (χ4v) is 5.52. The van der Waals surface area contributed by atoms with E-state index < -0.39 is 40.0 Å². The topological polar surface area (TPSA) is 128 Å². The Morgan fingerprint density at radius 1 is 1.22 bits per heavy atom. The molecule has 3 rings (SSSR count). The summed E-state index contributed by atoms with van der Waals surface area (Å²) >= 11 is 6.06. The van der Waals surface area contributed by atoms with Gasteiger partial charge in [0.05, 0.1) is 24.9 Å². The molecule has 0 unspecified atom stereocenters. The first-order chi connectivity index (χ1) is 19.2. The van der Waals surface area contributed by atoms with Gasteiger partial charge in [-0.25, -0.2) is 9.78 Å². The van der Waals surface area contributed by atoms with Crippen LogP contribution in [0.2, 0.25) is 5.02 Å². The van der Waals surface area contributed by atoms with Crippen LogP contribution in [0, 0.1) is 0 Å². The van der Waals surface area contributed by atoms with E-state index in [-0.39, 0.29) is 53.4 Å². The van der Waals surface area contributed by atoms with Crippen molar-refractivity contribution in [3.8, 4) is 17.4 Å². The lowest BCUT2D eigenvalue weighted by Gasteiger charge is -2.27. The summed E-state index contributed by atoms with van der Waals surface area (Å²) in [5, 5.41) is 8.96. The fourth-order valence-electron chi connectivity index (χ4n) is 3.92. The Morgan fingerprint density at radius 2 is 1.93 bits per heavy atom. The number of aromatic nitrogens is 1. The zero-order valence-corrected chi connectivity index (χ0v) is 24.3. The highest BCUT2D eigenvalue weighted by atomic mass is 35.5. The second kappa shape index (κ2) is 13.4. The number of alkyl halides is 3. The van der Waals surface area contributed by atoms with Gasteiger partial charge in [0, 0.05) is 44.9 Å². The van der Waals surface area contributed by atoms with Gasteiger partial charge in [-0.15, -0.1) is 0 Å². The number of hydrogen-bond donors (Lipinski definition) is 1. The number of hydrogen-bond acceptors (Lipinski definition) is 8. The molecule has 1 aromatic carbocycles. The van der Waals surface area contributed by atoms with Crippen LogP contribution in [0.15, 0.2) is 30.5 Å². The van der Waals surface area contributed by atoms with Crippen LogP contribution in [-0.2, 0) is 25.9 Å². The summed E-state index contributed by atoms with van der Waals surface area (Å²) in [6.07, 6.45) is -5.60. The maximum absolute atomic E-state index is 13.2. The van der Waals surface area contributed by atoms with Crippen LogP contribution in [0.1, 0.15) is 37.3 Å². The molecule has 2 atom stereocenters. The van der Waals surface area contributed by atoms with Gasteiger partial charge in [-0.05, 0) is 38.0 Å². The Hall–Kier alpha value is -2.85. The second-order valence-corrected chi connectivity index (χ2v) is 11.7. The molecule has 1 aliphatic carbocycles. The maximum atomic E-state index is 13.2. The van der Waals surface area contributed by atoms with E-state index in [1.54, 1.807) is 26.0 Å². The van der Waals surface area contributed by atoms with Gasteiger partial charge in [-0.3, -0.25) is 0 Å². The number of nitrogens with zero attached hydrogens (tertiary/aromatic N) is 3. The van der Waals surface area contributed by atoms with Crippen LogP contribution in [-0.4, -0.2) is 85.9 Å². The third-order valence-electron chi connectivity index (χ3n) is 6.08. The van der Waals surface area contributed by atoms with E-state index in [2.05, 4.69) is 4.98 Å². The van der Waals surface area contributed by atoms with Gasteiger partial charge in [0.25, 0.3) is 0 Å². The molecule has 2 aromatic rings. The number of ether oxygens (including phenoxy) is 4. The average Bonchev–Trinajstić information content (AvgIpc) is 3.66. The Bertz CT molecular complexity index is 1330. The van der Waals surface area contributed by atoms with Crippen LogP contribution >= 0.6 is 11.6 Å². The molecular formula is C25H31ClF3N3O8S. The molecule has 1 aliphatic rings. The molecule has 1 N–H and O–H groups in total. The summed E-state index contributed by atoms with van der Waals surface area (Å²) < 4.78 is 88.9. The van der Waals surface area contributed by atoms with Crippen LogP contribution in [0.25, 0.3) is 0 Å². The summed E-state index contributed by atoms with van der Waals surface area (Å²) in [4.78, 5) is 15.2. The van der Waals surface area contributed by atoms with Crippen molar-refractivity contribution in [2.24, 2.45) is 0 Å². The van der Waals surface area contributed by atoms with Crippen molar-refractivity contribution in [1.29, 1.82) is 0 Å². The molecular weight excluding hydrogens is 595 g/mol. The maximum Gasteiger partial charge on any atom is 0.421 e. The van der Waals surface area contributed by atoms with Gasteiger partial charge in [0.15, 0.2) is 0 Å². The normalized spacial score (nSPS) is 17.1. The summed E-state index contributed by atoms with van der Waals surface area (Å²) in [7, 11) is -1.99. The number of carbonyl (C=O) groups is 1. The van der Waals surface area contributed by atoms with Crippen molar-refractivity contribution >= 4 is 27.9 Å². The van der Waals surface area contributed by atoms with Gasteiger partial charge < -0.3 is 24.1 Å². The van der Waals surface area contributed by atoms with Crippen molar-refractivity contribution < 1.29 is 50.4 Å². The molecule has 1 aromatic heterocycles. The van der Waals surface area contributed by atoms with Gasteiger partial charge in [0.1, 0.15) is 23.1 Å². The molecule has 0 radical (unpaired) electrons. The van der Waals surface area contributed by atoms with Crippen LogP contribution in [0.4, 0.5) is 18.0 Å². The van der Waals surface area contributed by atoms with Crippen molar-refractivity contribution in [2.75, 3.05) is 40.5 Å². The van der Waals surface area contributed by atoms with E-state index in [0.717, 1.165) is 11.4 Å². The third-order valence-corrected chi connectivity index (χ3v) is 8.25. The van der Waals surface area contributed by atoms with E-state index in [0.29, 0.717) is 30.0 Å². The van der Waals surface area contributed by atoms with Crippen molar-refractivity contribution in [3.05, 3.63) is 46.6 Å². The van der Waals surface area contributed by atoms with Crippen LogP contribution in [0.5, 0.6) is 17.4 Å². The molecule has 1 heterocycles. The summed E-state index contributed by atoms with van der Waals surface area (Å²) in [5.74, 6) is -0.278. The third kappa shape index (κ3) is 8.35. The number of methoxy groups -OCH3 is 1. The predicted molar refractivity (Wildman–Crippen MR) is 142 cm³/mol. The Balaban J connectivity index is 1.96. The molecule has 16 heteroatoms. The number of rotatable bonds is 14. The van der Waals surface area contributed by atoms with E-state index in [4.69, 9.17) is 30.5 Å². The fraction of sp³-hybridized carbons (Fsp3) is 0.520. The van der Waals surface area contributed by atoms with E-state index in [9.17, 15) is 31.5 Å². The highest BCUT2D eigenvalue weighted by molar-refractivity contribution is 7.87. The lowest BCUT2D eigenvalue weighted by atomic mass is 10.1. The zero-order chi connectivity index (χ0) is 30.5. The van der Waals surface area contributed by atoms with E-state index >= 15 is 0 Å². The Morgan fingerprint density at radius 3 is 2.51 bits per heavy atom. The van der Waals surface area contributed by atoms with Crippen molar-refractivity contribution in [2.45, 2.75) is 44.5 Å². The SMILES string of the molecule is COCCOc1ccc([C@@H]2C[C@H]2N(CCOC(C)C)S(=O)(=O)N(C)C(=O)O)c(Oc2ncc(C(F)(F)F)cc2Cl)c1. The molecule has 11 nitrogen and oxygen atoms in total. The Labute approximate surface area is 240 Å². The molecule has 0 bridgehead atoms. The average molecular weight is 626 g/mol. The number of carboxylic acid groups (broad SMARTS) is 1. The highest BCUT2D eigenvalue weighted by Gasteiger charge is 2.50. The minimum atomic E-state index is -4.66. The second-order valence-electron chi connectivity index (χ2n) is 9.35. The molecule has 0 saturated heterocycles. The van der Waals surface area contributed by atoms with Crippen molar-refractivity contribution in [1.82, 2.24) is 13.6 Å². The molecule has 1 saturated carbocycles. The lowest BCUT2D eigenvalue weighted by molar-refractivity contribution is -0.137. The van der Waals surface area contributed by atoms with Crippen LogP contribution in [0.3, 0.4) is 0 Å². The molecule has 0 aliphatic heterocycles. The standard InChI is InChI=1S/C25H31ClF3N3O8S/c1-15(2)38-8-7-32(41(35,36)31(3)24(33)34)21-13-19(21)18-6-5-17(39-10-9-37-4)12-22(18)40-23-20(26)11-16(14-30-23)25(27,28)29/h5-6,11-12,14-15,19,21H,7-10,13H2,1-4H3,(H,33,34)/t19-,21+/m0/s1. The highest BCUT2D eigenvalue weighted by Crippen LogP contribution is 2.50. The largest absolute Gasteiger partial charge is 0.491 e. The molecule has 0 spiro atoms. The number of pyridine rings is 1. The molecule has 228 valence electrons. The van der Waals surface area contributed by atoms with E-state index in [1.807, 2.05) is 0 Å². The molecule has 1 amide bonds. The number of amides is 1. The molecule has 41 heavy (non-hydrogen) atoms. The van der Waals surface area contributed by atoms with Gasteiger partial charge >= 0.3 is 22.5 Å². The summed E-state index contributed by atoms with van der Waals surface area (Å²) in [6, 6.07) is 4.78. The monoisotopic (exact) mass is 625 g/mol. The van der Waals surface area contributed by atoms with E-state index in [1.165, 1.54) is 13.2 Å². The van der Waals surface area contributed by atoms with Crippen LogP contribution < -0.4 is 9.47 Å². The van der Waals surface area contributed by atoms with Gasteiger partial charge in [0.2, 0.25) is 5.88 Å². The molecule has 1 fully saturated rings. The van der Waals surface area contributed by atoms with Gasteiger partial charge in [-0.2, -0.15) is 30.2 Å². The van der Waals surface area contributed by atoms with Crippen molar-refractivity contribution in [3.63, 3.8) is 0 Å². The Kier molecular flexibility index (Phi) is 10.7. The lowest BCUT2D eigenvalue weighted by Crippen LogP contribution is -2.47. The minimum absolute atomic E-state index is 0.0221. The minimum Gasteiger partial charge on any atom is -0.491 e. The predicted octanol–water partition coefficient (Wildman–Crippen LogP) is 5.01. The zero-order valence-electron chi connectivity index (χ0n) is 22.7. The number of halogens is 4. The smallest absolute Gasteiger partial charge is 0.421 e. The summed E-state index contributed by atoms with van der Waals surface area (Å²) in [6.45, 7) is 3.96. The first-order valence-electron chi connectivity index (χ1n) is 12.4. The first-order valence-corrected chi connectivity index (χ1v) is 14.2. The number of benzene rings is 1. The quantitative estimate of drug-likeness (QED) is 0.288. The summed E-state index contributed by atoms with van der Waals surface area (Å²) in [5.41, 5.74) is -0.559. The first kappa shape index (κ1) is 32.7. The van der Waals surface area contributed by atoms with Gasteiger partial charge in [-0.1, -0.05) is 17.7 Å².